The van der Waals surface area contributed by atoms with Gasteiger partial charge in [0.15, 0.2) is 6.10 Å². The number of hydrogen-bond donors (Lipinski definition) is 2. The highest BCUT2D eigenvalue weighted by Crippen LogP contribution is 2.28. The molecule has 3 aromatic rings. The van der Waals surface area contributed by atoms with E-state index in [2.05, 4.69) is 24.4 Å². The summed E-state index contributed by atoms with van der Waals surface area (Å²) in [5, 5.41) is 15.5. The van der Waals surface area contributed by atoms with Gasteiger partial charge in [0, 0.05) is 4.88 Å². The van der Waals surface area contributed by atoms with Crippen molar-refractivity contribution in [3.8, 4) is 5.75 Å². The molecule has 3 rings (SSSR count). The molecule has 146 valence electrons. The zero-order chi connectivity index (χ0) is 19.9. The topological polar surface area (TPSA) is 58.6 Å². The molecule has 0 spiro atoms. The number of methoxy groups -OCH3 is 1. The highest BCUT2D eigenvalue weighted by Gasteiger charge is 2.24. The Labute approximate surface area is 169 Å². The Hall–Kier alpha value is -2.63. The largest absolute Gasteiger partial charge is 0.497 e. The highest BCUT2D eigenvalue weighted by atomic mass is 32.1. The number of amides is 1. The number of aryl methyl sites for hydroxylation is 1. The molecule has 2 atom stereocenters. The summed E-state index contributed by atoms with van der Waals surface area (Å²) in [6.07, 6.45) is 0.860. The summed E-state index contributed by atoms with van der Waals surface area (Å²) in [6.45, 7) is 2.16. The molecule has 0 bridgehead atoms. The van der Waals surface area contributed by atoms with Crippen molar-refractivity contribution in [3.63, 3.8) is 0 Å². The van der Waals surface area contributed by atoms with Gasteiger partial charge in [-0.25, -0.2) is 0 Å². The Morgan fingerprint density at radius 2 is 1.89 bits per heavy atom. The lowest BCUT2D eigenvalue weighted by Crippen LogP contribution is -2.33. The summed E-state index contributed by atoms with van der Waals surface area (Å²) in [5.74, 6) is 0.162. The SMILES string of the molecule is CCCc1ccc(C(NC(=O)C(O)c2cccc(OC)c2)c2cccs2)cc1. The third kappa shape index (κ3) is 4.80. The zero-order valence-electron chi connectivity index (χ0n) is 16.1. The van der Waals surface area contributed by atoms with Crippen LogP contribution in [0.2, 0.25) is 0 Å². The first-order valence-electron chi connectivity index (χ1n) is 9.37. The van der Waals surface area contributed by atoms with Gasteiger partial charge in [0.2, 0.25) is 0 Å². The Morgan fingerprint density at radius 1 is 1.11 bits per heavy atom. The van der Waals surface area contributed by atoms with Gasteiger partial charge in [-0.15, -0.1) is 11.3 Å². The van der Waals surface area contributed by atoms with Crippen molar-refractivity contribution in [1.82, 2.24) is 5.32 Å². The molecule has 0 fully saturated rings. The average molecular weight is 396 g/mol. The number of rotatable bonds is 8. The van der Waals surface area contributed by atoms with Crippen LogP contribution in [0.1, 0.15) is 47.1 Å². The van der Waals surface area contributed by atoms with E-state index in [0.717, 1.165) is 23.3 Å². The first-order chi connectivity index (χ1) is 13.6. The molecule has 2 aromatic carbocycles. The average Bonchev–Trinajstić information content (AvgIpc) is 3.27. The molecule has 4 nitrogen and oxygen atoms in total. The predicted molar refractivity (Wildman–Crippen MR) is 113 cm³/mol. The minimum Gasteiger partial charge on any atom is -0.497 e. The predicted octanol–water partition coefficient (Wildman–Crippen LogP) is 4.65. The lowest BCUT2D eigenvalue weighted by Gasteiger charge is -2.21. The van der Waals surface area contributed by atoms with E-state index in [1.807, 2.05) is 29.6 Å². The number of thiophene rings is 1. The van der Waals surface area contributed by atoms with Gasteiger partial charge < -0.3 is 15.2 Å². The van der Waals surface area contributed by atoms with Gasteiger partial charge in [0.25, 0.3) is 5.91 Å². The molecule has 28 heavy (non-hydrogen) atoms. The standard InChI is InChI=1S/C23H25NO3S/c1-3-6-16-10-12-17(13-11-16)21(20-9-5-14-28-20)24-23(26)22(25)18-7-4-8-19(15-18)27-2/h4-5,7-15,21-22,25H,3,6H2,1-2H3,(H,24,26). The van der Waals surface area contributed by atoms with Gasteiger partial charge in [-0.3, -0.25) is 4.79 Å². The van der Waals surface area contributed by atoms with Crippen LogP contribution in [0.4, 0.5) is 0 Å². The van der Waals surface area contributed by atoms with E-state index in [4.69, 9.17) is 4.74 Å². The second-order valence-electron chi connectivity index (χ2n) is 6.63. The molecule has 1 aromatic heterocycles. The summed E-state index contributed by atoms with van der Waals surface area (Å²) >= 11 is 1.58. The molecule has 0 aliphatic rings. The summed E-state index contributed by atoms with van der Waals surface area (Å²) in [7, 11) is 1.56. The molecule has 0 saturated heterocycles. The van der Waals surface area contributed by atoms with Crippen LogP contribution < -0.4 is 10.1 Å². The van der Waals surface area contributed by atoms with Crippen LogP contribution in [-0.4, -0.2) is 18.1 Å². The molecular formula is C23H25NO3S. The molecule has 0 radical (unpaired) electrons. The van der Waals surface area contributed by atoms with E-state index in [1.165, 1.54) is 5.56 Å². The van der Waals surface area contributed by atoms with Crippen LogP contribution in [0.5, 0.6) is 5.75 Å². The van der Waals surface area contributed by atoms with E-state index in [9.17, 15) is 9.90 Å². The molecule has 0 aliphatic carbocycles. The van der Waals surface area contributed by atoms with E-state index in [1.54, 1.807) is 42.7 Å². The van der Waals surface area contributed by atoms with Gasteiger partial charge in [-0.2, -0.15) is 0 Å². The molecule has 1 amide bonds. The number of carbonyl (C=O) groups excluding carboxylic acids is 1. The Kier molecular flexibility index (Phi) is 6.85. The monoisotopic (exact) mass is 395 g/mol. The van der Waals surface area contributed by atoms with Crippen LogP contribution in [0, 0.1) is 0 Å². The first-order valence-corrected chi connectivity index (χ1v) is 10.2. The molecule has 0 saturated carbocycles. The van der Waals surface area contributed by atoms with Crippen molar-refractivity contribution in [2.24, 2.45) is 0 Å². The van der Waals surface area contributed by atoms with Crippen molar-refractivity contribution in [2.75, 3.05) is 7.11 Å². The Balaban J connectivity index is 1.82. The third-order valence-electron chi connectivity index (χ3n) is 4.62. The minimum atomic E-state index is -1.27. The highest BCUT2D eigenvalue weighted by molar-refractivity contribution is 7.10. The fraction of sp³-hybridized carbons (Fsp3) is 0.261. The van der Waals surface area contributed by atoms with Gasteiger partial charge >= 0.3 is 0 Å². The molecular weight excluding hydrogens is 370 g/mol. The summed E-state index contributed by atoms with van der Waals surface area (Å²) in [5.41, 5.74) is 2.77. The van der Waals surface area contributed by atoms with Crippen LogP contribution in [-0.2, 0) is 11.2 Å². The van der Waals surface area contributed by atoms with Crippen LogP contribution >= 0.6 is 11.3 Å². The number of carbonyl (C=O) groups is 1. The molecule has 5 heteroatoms. The molecule has 1 heterocycles. The maximum atomic E-state index is 12.8. The number of ether oxygens (including phenoxy) is 1. The summed E-state index contributed by atoms with van der Waals surface area (Å²) in [6, 6.07) is 18.9. The van der Waals surface area contributed by atoms with Crippen LogP contribution in [0.25, 0.3) is 0 Å². The number of aliphatic hydroxyl groups is 1. The van der Waals surface area contributed by atoms with Gasteiger partial charge in [-0.1, -0.05) is 55.8 Å². The molecule has 2 unspecified atom stereocenters. The van der Waals surface area contributed by atoms with Crippen molar-refractivity contribution >= 4 is 17.2 Å². The van der Waals surface area contributed by atoms with E-state index in [0.29, 0.717) is 11.3 Å². The van der Waals surface area contributed by atoms with Crippen LogP contribution in [0.15, 0.2) is 66.0 Å². The lowest BCUT2D eigenvalue weighted by atomic mass is 10.0. The maximum Gasteiger partial charge on any atom is 0.254 e. The van der Waals surface area contributed by atoms with Crippen molar-refractivity contribution in [2.45, 2.75) is 31.9 Å². The third-order valence-corrected chi connectivity index (χ3v) is 5.56. The lowest BCUT2D eigenvalue weighted by molar-refractivity contribution is -0.130. The maximum absolute atomic E-state index is 12.8. The fourth-order valence-corrected chi connectivity index (χ4v) is 3.93. The minimum absolute atomic E-state index is 0.302. The second kappa shape index (κ2) is 9.53. The fourth-order valence-electron chi connectivity index (χ4n) is 3.12. The Morgan fingerprint density at radius 3 is 2.54 bits per heavy atom. The second-order valence-corrected chi connectivity index (χ2v) is 7.61. The van der Waals surface area contributed by atoms with E-state index >= 15 is 0 Å². The van der Waals surface area contributed by atoms with Crippen molar-refractivity contribution in [3.05, 3.63) is 87.6 Å². The quantitative estimate of drug-likeness (QED) is 0.584. The number of aliphatic hydroxyl groups excluding tert-OH is 1. The summed E-state index contributed by atoms with van der Waals surface area (Å²) in [4.78, 5) is 13.8. The first kappa shape index (κ1) is 20.1. The smallest absolute Gasteiger partial charge is 0.254 e. The zero-order valence-corrected chi connectivity index (χ0v) is 16.9. The van der Waals surface area contributed by atoms with Gasteiger partial charge in [-0.05, 0) is 46.7 Å². The number of nitrogens with one attached hydrogen (secondary N) is 1. The number of benzene rings is 2. The van der Waals surface area contributed by atoms with E-state index < -0.39 is 12.0 Å². The van der Waals surface area contributed by atoms with Crippen molar-refractivity contribution in [1.29, 1.82) is 0 Å². The van der Waals surface area contributed by atoms with Gasteiger partial charge in [0.05, 0.1) is 13.2 Å². The normalized spacial score (nSPS) is 13.0. The molecule has 2 N–H and O–H groups in total. The van der Waals surface area contributed by atoms with Crippen LogP contribution in [0.3, 0.4) is 0 Å². The van der Waals surface area contributed by atoms with Crippen molar-refractivity contribution < 1.29 is 14.6 Å². The Bertz CT molecular complexity index is 890. The number of hydrogen-bond acceptors (Lipinski definition) is 4. The molecule has 0 aliphatic heterocycles. The summed E-state index contributed by atoms with van der Waals surface area (Å²) < 4.78 is 5.18. The van der Waals surface area contributed by atoms with Gasteiger partial charge in [0.1, 0.15) is 5.75 Å². The van der Waals surface area contributed by atoms with E-state index in [-0.39, 0.29) is 6.04 Å².